The van der Waals surface area contributed by atoms with Crippen molar-refractivity contribution in [3.05, 3.63) is 95.8 Å². The Hall–Kier alpha value is -3.78. The first-order chi connectivity index (χ1) is 15.9. The lowest BCUT2D eigenvalue weighted by molar-refractivity contribution is 0.307. The molecule has 0 bridgehead atoms. The van der Waals surface area contributed by atoms with Crippen molar-refractivity contribution in [2.24, 2.45) is 0 Å². The molecule has 3 aromatic carbocycles. The largest absolute Gasteiger partial charge is 0.488 e. The molecule has 168 valence electrons. The third-order valence-electron chi connectivity index (χ3n) is 4.80. The van der Waals surface area contributed by atoms with E-state index in [4.69, 9.17) is 4.74 Å². The summed E-state index contributed by atoms with van der Waals surface area (Å²) >= 11 is 0. The van der Waals surface area contributed by atoms with Gasteiger partial charge in [-0.15, -0.1) is 0 Å². The van der Waals surface area contributed by atoms with Gasteiger partial charge in [-0.2, -0.15) is 4.98 Å². The number of hydrogen-bond acceptors (Lipinski definition) is 7. The minimum absolute atomic E-state index is 0.0313. The Kier molecular flexibility index (Phi) is 6.65. The Morgan fingerprint density at radius 2 is 1.70 bits per heavy atom. The van der Waals surface area contributed by atoms with Gasteiger partial charge in [0.25, 0.3) is 0 Å². The first-order valence-electron chi connectivity index (χ1n) is 10.4. The molecule has 0 unspecified atom stereocenters. The maximum Gasteiger partial charge on any atom is 0.230 e. The van der Waals surface area contributed by atoms with Gasteiger partial charge in [0.15, 0.2) is 15.7 Å². The second-order valence-corrected chi connectivity index (χ2v) is 9.94. The lowest BCUT2D eigenvalue weighted by Gasteiger charge is -2.13. The van der Waals surface area contributed by atoms with Crippen molar-refractivity contribution < 1.29 is 13.2 Å². The van der Waals surface area contributed by atoms with Crippen molar-refractivity contribution in [2.75, 3.05) is 11.6 Å². The lowest BCUT2D eigenvalue weighted by Crippen LogP contribution is -2.03. The van der Waals surface area contributed by atoms with Crippen molar-refractivity contribution in [1.82, 2.24) is 15.0 Å². The van der Waals surface area contributed by atoms with E-state index in [1.165, 1.54) is 12.6 Å². The molecule has 1 aromatic heterocycles. The van der Waals surface area contributed by atoms with E-state index in [2.05, 4.69) is 20.3 Å². The molecule has 1 N–H and O–H groups in total. The van der Waals surface area contributed by atoms with Crippen molar-refractivity contribution in [2.45, 2.75) is 19.3 Å². The molecule has 4 aromatic rings. The number of ether oxygens (including phenoxy) is 1. The Balaban J connectivity index is 1.57. The molecule has 33 heavy (non-hydrogen) atoms. The normalized spacial score (nSPS) is 11.2. The summed E-state index contributed by atoms with van der Waals surface area (Å²) in [4.78, 5) is 13.1. The van der Waals surface area contributed by atoms with E-state index in [-0.39, 0.29) is 5.75 Å². The van der Waals surface area contributed by atoms with Crippen LogP contribution in [-0.4, -0.2) is 29.6 Å². The van der Waals surface area contributed by atoms with Crippen molar-refractivity contribution in [1.29, 1.82) is 0 Å². The molecule has 0 saturated carbocycles. The first-order valence-corrected chi connectivity index (χ1v) is 12.4. The molecule has 0 saturated heterocycles. The zero-order valence-electron chi connectivity index (χ0n) is 18.4. The van der Waals surface area contributed by atoms with Crippen molar-refractivity contribution in [3.8, 4) is 17.1 Å². The van der Waals surface area contributed by atoms with Gasteiger partial charge in [-0.05, 0) is 47.9 Å². The molecule has 0 aliphatic heterocycles. The Labute approximate surface area is 193 Å². The molecular formula is C25H24N4O3S. The molecule has 0 spiro atoms. The van der Waals surface area contributed by atoms with Crippen LogP contribution in [0.25, 0.3) is 11.4 Å². The molecule has 8 heteroatoms. The van der Waals surface area contributed by atoms with Gasteiger partial charge < -0.3 is 10.1 Å². The SMILES string of the molecule is Cc1ccc(-c2ncnc(Nc3cccc(CS(C)(=O)=O)c3)n2)c(OCc2ccccc2)c1. The summed E-state index contributed by atoms with van der Waals surface area (Å²) in [6.45, 7) is 2.43. The highest BCUT2D eigenvalue weighted by molar-refractivity contribution is 7.89. The zero-order valence-corrected chi connectivity index (χ0v) is 19.2. The summed E-state index contributed by atoms with van der Waals surface area (Å²) in [6, 6.07) is 23.0. The molecule has 1 heterocycles. The van der Waals surface area contributed by atoms with Crippen LogP contribution in [0.5, 0.6) is 5.75 Å². The Bertz CT molecular complexity index is 1360. The van der Waals surface area contributed by atoms with Gasteiger partial charge >= 0.3 is 0 Å². The van der Waals surface area contributed by atoms with Crippen LogP contribution in [0.4, 0.5) is 11.6 Å². The maximum atomic E-state index is 11.6. The van der Waals surface area contributed by atoms with Gasteiger partial charge in [0, 0.05) is 11.9 Å². The molecular weight excluding hydrogens is 436 g/mol. The highest BCUT2D eigenvalue weighted by atomic mass is 32.2. The quantitative estimate of drug-likeness (QED) is 0.407. The van der Waals surface area contributed by atoms with E-state index in [1.807, 2.05) is 61.5 Å². The van der Waals surface area contributed by atoms with Crippen LogP contribution in [0.3, 0.4) is 0 Å². The fraction of sp³-hybridized carbons (Fsp3) is 0.160. The summed E-state index contributed by atoms with van der Waals surface area (Å²) < 4.78 is 29.3. The number of benzene rings is 3. The predicted molar refractivity (Wildman–Crippen MR) is 129 cm³/mol. The summed E-state index contributed by atoms with van der Waals surface area (Å²) in [7, 11) is -3.13. The average molecular weight is 461 g/mol. The zero-order chi connectivity index (χ0) is 23.3. The van der Waals surface area contributed by atoms with Gasteiger partial charge in [0.1, 0.15) is 18.7 Å². The van der Waals surface area contributed by atoms with Crippen molar-refractivity contribution in [3.63, 3.8) is 0 Å². The van der Waals surface area contributed by atoms with Crippen LogP contribution in [0.1, 0.15) is 16.7 Å². The molecule has 7 nitrogen and oxygen atoms in total. The summed E-state index contributed by atoms with van der Waals surface area (Å²) in [6.07, 6.45) is 2.65. The monoisotopic (exact) mass is 460 g/mol. The second-order valence-electron chi connectivity index (χ2n) is 7.80. The Morgan fingerprint density at radius 3 is 2.48 bits per heavy atom. The third-order valence-corrected chi connectivity index (χ3v) is 5.66. The van der Waals surface area contributed by atoms with Crippen LogP contribution in [0.15, 0.2) is 79.1 Å². The second kappa shape index (κ2) is 9.79. The molecule has 0 fully saturated rings. The molecule has 0 radical (unpaired) electrons. The van der Waals surface area contributed by atoms with Crippen LogP contribution < -0.4 is 10.1 Å². The fourth-order valence-corrected chi connectivity index (χ4v) is 4.11. The predicted octanol–water partition coefficient (Wildman–Crippen LogP) is 4.71. The van der Waals surface area contributed by atoms with Gasteiger partial charge in [-0.3, -0.25) is 0 Å². The molecule has 0 aliphatic rings. The number of hydrogen-bond donors (Lipinski definition) is 1. The molecule has 4 rings (SSSR count). The number of aryl methyl sites for hydroxylation is 1. The minimum atomic E-state index is -3.13. The van der Waals surface area contributed by atoms with E-state index in [1.54, 1.807) is 18.2 Å². The van der Waals surface area contributed by atoms with Crippen LogP contribution in [-0.2, 0) is 22.2 Å². The van der Waals surface area contributed by atoms with E-state index < -0.39 is 9.84 Å². The van der Waals surface area contributed by atoms with E-state index in [0.29, 0.717) is 35.4 Å². The number of sulfone groups is 1. The number of nitrogens with zero attached hydrogens (tertiary/aromatic N) is 3. The molecule has 0 aliphatic carbocycles. The molecule has 0 atom stereocenters. The molecule has 0 amide bonds. The van der Waals surface area contributed by atoms with E-state index in [9.17, 15) is 8.42 Å². The van der Waals surface area contributed by atoms with Crippen LogP contribution in [0, 0.1) is 6.92 Å². The highest BCUT2D eigenvalue weighted by Gasteiger charge is 2.12. The lowest BCUT2D eigenvalue weighted by atomic mass is 10.1. The number of aromatic nitrogens is 3. The van der Waals surface area contributed by atoms with Crippen molar-refractivity contribution >= 4 is 21.5 Å². The smallest absolute Gasteiger partial charge is 0.230 e. The third kappa shape index (κ3) is 6.36. The average Bonchev–Trinajstić information content (AvgIpc) is 2.78. The van der Waals surface area contributed by atoms with E-state index in [0.717, 1.165) is 16.7 Å². The maximum absolute atomic E-state index is 11.6. The summed E-state index contributed by atoms with van der Waals surface area (Å²) in [5.74, 6) is 1.48. The van der Waals surface area contributed by atoms with Gasteiger partial charge in [0.05, 0.1) is 11.3 Å². The van der Waals surface area contributed by atoms with Gasteiger partial charge in [-0.1, -0.05) is 48.5 Å². The standard InChI is InChI=1S/C25H24N4O3S/c1-18-11-12-22(23(13-18)32-15-19-7-4-3-5-8-19)24-26-17-27-25(29-24)28-21-10-6-9-20(14-21)16-33(2,30)31/h3-14,17H,15-16H2,1-2H3,(H,26,27,28,29). The van der Waals surface area contributed by atoms with Gasteiger partial charge in [-0.25, -0.2) is 18.4 Å². The fourth-order valence-electron chi connectivity index (χ4n) is 3.33. The van der Waals surface area contributed by atoms with Crippen LogP contribution >= 0.6 is 0 Å². The topological polar surface area (TPSA) is 94.1 Å². The number of anilines is 2. The summed E-state index contributed by atoms with van der Waals surface area (Å²) in [5.41, 5.74) is 4.27. The number of rotatable bonds is 8. The highest BCUT2D eigenvalue weighted by Crippen LogP contribution is 2.30. The van der Waals surface area contributed by atoms with Crippen LogP contribution in [0.2, 0.25) is 0 Å². The Morgan fingerprint density at radius 1 is 0.909 bits per heavy atom. The first kappa shape index (κ1) is 22.4. The van der Waals surface area contributed by atoms with E-state index >= 15 is 0 Å². The summed E-state index contributed by atoms with van der Waals surface area (Å²) in [5, 5.41) is 3.13. The number of nitrogens with one attached hydrogen (secondary N) is 1. The van der Waals surface area contributed by atoms with Gasteiger partial charge in [0.2, 0.25) is 5.95 Å². The minimum Gasteiger partial charge on any atom is -0.488 e.